The Morgan fingerprint density at radius 2 is 1.55 bits per heavy atom. The summed E-state index contributed by atoms with van der Waals surface area (Å²) < 4.78 is 16.1. The molecule has 0 bridgehead atoms. The van der Waals surface area contributed by atoms with E-state index in [9.17, 15) is 9.59 Å². The Morgan fingerprint density at radius 1 is 0.903 bits per heavy atom. The summed E-state index contributed by atoms with van der Waals surface area (Å²) in [6, 6.07) is 17.3. The zero-order chi connectivity index (χ0) is 22.4. The maximum Gasteiger partial charge on any atom is 0.340 e. The van der Waals surface area contributed by atoms with Gasteiger partial charge in [-0.25, -0.2) is 4.79 Å². The summed E-state index contributed by atoms with van der Waals surface area (Å²) in [7, 11) is 2.92. The first-order valence-electron chi connectivity index (χ1n) is 9.47. The van der Waals surface area contributed by atoms with Gasteiger partial charge in [-0.1, -0.05) is 53.6 Å². The molecule has 0 radical (unpaired) electrons. The fraction of sp³-hybridized carbons (Fsp3) is 0.167. The third-order valence-corrected chi connectivity index (χ3v) is 4.93. The van der Waals surface area contributed by atoms with Gasteiger partial charge in [0.1, 0.15) is 6.61 Å². The molecule has 0 atom stereocenters. The minimum absolute atomic E-state index is 0.0886. The molecule has 160 valence electrons. The molecule has 0 aromatic heterocycles. The van der Waals surface area contributed by atoms with Crippen molar-refractivity contribution in [3.05, 3.63) is 87.9 Å². The van der Waals surface area contributed by atoms with Crippen LogP contribution in [0.4, 0.5) is 5.69 Å². The molecule has 0 aliphatic rings. The van der Waals surface area contributed by atoms with Gasteiger partial charge in [-0.05, 0) is 24.6 Å². The second-order valence-electron chi connectivity index (χ2n) is 6.75. The van der Waals surface area contributed by atoms with Gasteiger partial charge in [-0.15, -0.1) is 0 Å². The number of nitrogens with one attached hydrogen (secondary N) is 1. The van der Waals surface area contributed by atoms with Crippen LogP contribution in [0.25, 0.3) is 0 Å². The Bertz CT molecular complexity index is 1100. The fourth-order valence-electron chi connectivity index (χ4n) is 2.90. The van der Waals surface area contributed by atoms with Gasteiger partial charge in [0.05, 0.1) is 36.1 Å². The van der Waals surface area contributed by atoms with E-state index in [-0.39, 0.29) is 23.4 Å². The van der Waals surface area contributed by atoms with E-state index in [1.807, 2.05) is 31.2 Å². The van der Waals surface area contributed by atoms with Crippen LogP contribution in [-0.4, -0.2) is 26.1 Å². The molecule has 7 heteroatoms. The molecule has 0 heterocycles. The molecule has 0 aliphatic heterocycles. The van der Waals surface area contributed by atoms with E-state index < -0.39 is 11.9 Å². The quantitative estimate of drug-likeness (QED) is 0.507. The van der Waals surface area contributed by atoms with Crippen LogP contribution < -0.4 is 14.8 Å². The minimum atomic E-state index is -0.615. The van der Waals surface area contributed by atoms with Gasteiger partial charge in [-0.2, -0.15) is 0 Å². The lowest BCUT2D eigenvalue weighted by atomic mass is 10.1. The number of hydrogen-bond acceptors (Lipinski definition) is 5. The summed E-state index contributed by atoms with van der Waals surface area (Å²) in [5.41, 5.74) is 2.58. The topological polar surface area (TPSA) is 73.9 Å². The normalized spacial score (nSPS) is 10.3. The molecule has 1 N–H and O–H groups in total. The Labute approximate surface area is 185 Å². The van der Waals surface area contributed by atoms with Gasteiger partial charge in [-0.3, -0.25) is 4.79 Å². The highest BCUT2D eigenvalue weighted by Gasteiger charge is 2.21. The van der Waals surface area contributed by atoms with Crippen LogP contribution in [0.15, 0.2) is 60.7 Å². The molecule has 0 saturated carbocycles. The highest BCUT2D eigenvalue weighted by atomic mass is 35.5. The summed E-state index contributed by atoms with van der Waals surface area (Å²) in [4.78, 5) is 25.6. The molecule has 1 amide bonds. The van der Waals surface area contributed by atoms with Gasteiger partial charge in [0, 0.05) is 12.1 Å². The van der Waals surface area contributed by atoms with Crippen LogP contribution in [0.1, 0.15) is 31.8 Å². The number of aryl methyl sites for hydroxylation is 1. The molecule has 0 spiro atoms. The van der Waals surface area contributed by atoms with Gasteiger partial charge >= 0.3 is 5.97 Å². The molecule has 0 fully saturated rings. The van der Waals surface area contributed by atoms with Crippen LogP contribution in [0, 0.1) is 6.92 Å². The van der Waals surface area contributed by atoms with Gasteiger partial charge in [0.15, 0.2) is 11.5 Å². The average molecular weight is 440 g/mol. The molecular formula is C24H22ClNO5. The molecule has 3 aromatic rings. The minimum Gasteiger partial charge on any atom is -0.493 e. The highest BCUT2D eigenvalue weighted by Crippen LogP contribution is 2.34. The summed E-state index contributed by atoms with van der Waals surface area (Å²) in [5, 5.41) is 3.02. The SMILES string of the molecule is COc1cc(NC(=O)c2ccccc2Cl)c(C(=O)OCc2ccc(C)cc2)cc1OC. The fourth-order valence-corrected chi connectivity index (χ4v) is 3.12. The first-order chi connectivity index (χ1) is 14.9. The van der Waals surface area contributed by atoms with Gasteiger partial charge < -0.3 is 19.5 Å². The van der Waals surface area contributed by atoms with Crippen molar-refractivity contribution in [2.75, 3.05) is 19.5 Å². The van der Waals surface area contributed by atoms with E-state index in [0.29, 0.717) is 16.5 Å². The second-order valence-corrected chi connectivity index (χ2v) is 7.16. The second kappa shape index (κ2) is 10.00. The third-order valence-electron chi connectivity index (χ3n) is 4.60. The van der Waals surface area contributed by atoms with E-state index in [2.05, 4.69) is 5.32 Å². The molecule has 0 aliphatic carbocycles. The summed E-state index contributed by atoms with van der Waals surface area (Å²) in [6.45, 7) is 2.07. The zero-order valence-electron chi connectivity index (χ0n) is 17.4. The van der Waals surface area contributed by atoms with Crippen LogP contribution in [0.5, 0.6) is 11.5 Å². The molecule has 6 nitrogen and oxygen atoms in total. The largest absolute Gasteiger partial charge is 0.493 e. The van der Waals surface area contributed by atoms with Crippen molar-refractivity contribution in [3.63, 3.8) is 0 Å². The number of rotatable bonds is 7. The van der Waals surface area contributed by atoms with Crippen molar-refractivity contribution in [1.29, 1.82) is 0 Å². The molecule has 3 rings (SSSR count). The van der Waals surface area contributed by atoms with Crippen LogP contribution in [0.3, 0.4) is 0 Å². The first kappa shape index (κ1) is 22.2. The molecular weight excluding hydrogens is 418 g/mol. The lowest BCUT2D eigenvalue weighted by Crippen LogP contribution is -2.17. The van der Waals surface area contributed by atoms with Crippen molar-refractivity contribution < 1.29 is 23.8 Å². The molecule has 3 aromatic carbocycles. The monoisotopic (exact) mass is 439 g/mol. The van der Waals surface area contributed by atoms with Crippen molar-refractivity contribution in [2.45, 2.75) is 13.5 Å². The molecule has 31 heavy (non-hydrogen) atoms. The number of benzene rings is 3. The lowest BCUT2D eigenvalue weighted by molar-refractivity contribution is 0.0473. The number of amides is 1. The zero-order valence-corrected chi connectivity index (χ0v) is 18.2. The number of carbonyl (C=O) groups excluding carboxylic acids is 2. The number of ether oxygens (including phenoxy) is 3. The average Bonchev–Trinajstić information content (AvgIpc) is 2.78. The maximum absolute atomic E-state index is 12.9. The molecule has 0 saturated heterocycles. The van der Waals surface area contributed by atoms with Crippen molar-refractivity contribution in [1.82, 2.24) is 0 Å². The summed E-state index contributed by atoms with van der Waals surface area (Å²) >= 11 is 6.13. The van der Waals surface area contributed by atoms with E-state index in [0.717, 1.165) is 11.1 Å². The lowest BCUT2D eigenvalue weighted by Gasteiger charge is -2.16. The van der Waals surface area contributed by atoms with Crippen molar-refractivity contribution >= 4 is 29.2 Å². The Kier molecular flexibility index (Phi) is 7.15. The van der Waals surface area contributed by atoms with Gasteiger partial charge in [0.2, 0.25) is 0 Å². The maximum atomic E-state index is 12.9. The molecule has 0 unspecified atom stereocenters. The predicted octanol–water partition coefficient (Wildman–Crippen LogP) is 5.27. The summed E-state index contributed by atoms with van der Waals surface area (Å²) in [5.74, 6) is -0.394. The number of anilines is 1. The van der Waals surface area contributed by atoms with E-state index in [1.165, 1.54) is 26.4 Å². The van der Waals surface area contributed by atoms with Crippen molar-refractivity contribution in [2.24, 2.45) is 0 Å². The number of hydrogen-bond donors (Lipinski definition) is 1. The van der Waals surface area contributed by atoms with Crippen LogP contribution in [-0.2, 0) is 11.3 Å². The number of esters is 1. The highest BCUT2D eigenvalue weighted by molar-refractivity contribution is 6.34. The van der Waals surface area contributed by atoms with E-state index >= 15 is 0 Å². The number of carbonyl (C=O) groups is 2. The third kappa shape index (κ3) is 5.35. The van der Waals surface area contributed by atoms with E-state index in [4.69, 9.17) is 25.8 Å². The Hall–Kier alpha value is -3.51. The summed E-state index contributed by atoms with van der Waals surface area (Å²) in [6.07, 6.45) is 0. The van der Waals surface area contributed by atoms with Gasteiger partial charge in [0.25, 0.3) is 5.91 Å². The van der Waals surface area contributed by atoms with Crippen LogP contribution in [0.2, 0.25) is 5.02 Å². The standard InChI is InChI=1S/C24H22ClNO5/c1-15-8-10-16(11-9-15)14-31-24(28)18-12-21(29-2)22(30-3)13-20(18)26-23(27)17-6-4-5-7-19(17)25/h4-13H,14H2,1-3H3,(H,26,27). The Morgan fingerprint density at radius 3 is 2.19 bits per heavy atom. The number of halogens is 1. The smallest absolute Gasteiger partial charge is 0.340 e. The van der Waals surface area contributed by atoms with E-state index in [1.54, 1.807) is 24.3 Å². The predicted molar refractivity (Wildman–Crippen MR) is 119 cm³/mol. The first-order valence-corrected chi connectivity index (χ1v) is 9.85. The van der Waals surface area contributed by atoms with Crippen LogP contribution >= 0.6 is 11.6 Å². The van der Waals surface area contributed by atoms with Crippen molar-refractivity contribution in [3.8, 4) is 11.5 Å². The Balaban J connectivity index is 1.89. The number of methoxy groups -OCH3 is 2.